The first kappa shape index (κ1) is 16.1. The minimum Gasteiger partial charge on any atom is -0.489 e. The van der Waals surface area contributed by atoms with Gasteiger partial charge in [0.2, 0.25) is 0 Å². The molecule has 2 aliphatic rings. The summed E-state index contributed by atoms with van der Waals surface area (Å²) in [6.07, 6.45) is 2.42. The largest absolute Gasteiger partial charge is 0.489 e. The molecule has 2 atom stereocenters. The minimum absolute atomic E-state index is 0.0255. The van der Waals surface area contributed by atoms with Gasteiger partial charge in [0.25, 0.3) is 5.91 Å². The number of hydrogen-bond acceptors (Lipinski definition) is 4. The van der Waals surface area contributed by atoms with E-state index in [0.717, 1.165) is 19.5 Å². The summed E-state index contributed by atoms with van der Waals surface area (Å²) in [5.74, 6) is 0.957. The first-order chi connectivity index (χ1) is 12.1. The van der Waals surface area contributed by atoms with E-state index in [1.165, 1.54) is 12.1 Å². The molecule has 6 heteroatoms. The smallest absolute Gasteiger partial charge is 0.257 e. The summed E-state index contributed by atoms with van der Waals surface area (Å²) in [4.78, 5) is 16.9. The molecule has 1 aromatic heterocycles. The van der Waals surface area contributed by atoms with Gasteiger partial charge < -0.3 is 14.1 Å². The standard InChI is InChI=1S/C19H21FN2O3/c1-13-18(5-8-24-13)19(23)22-7-6-21-12-17(10-15(21)11-22)25-16-4-2-3-14(20)9-16/h2-5,8-9,15,17H,6-7,10-12H2,1H3/t15-,17+/m0/s1. The number of piperazine rings is 1. The molecular formula is C19H21FN2O3. The van der Waals surface area contributed by atoms with Gasteiger partial charge in [0.15, 0.2) is 0 Å². The van der Waals surface area contributed by atoms with Crippen molar-refractivity contribution in [2.45, 2.75) is 25.5 Å². The predicted octanol–water partition coefficient (Wildman–Crippen LogP) is 2.70. The van der Waals surface area contributed by atoms with E-state index in [2.05, 4.69) is 4.90 Å². The highest BCUT2D eigenvalue weighted by molar-refractivity contribution is 5.95. The summed E-state index contributed by atoms with van der Waals surface area (Å²) >= 11 is 0. The monoisotopic (exact) mass is 344 g/mol. The Hall–Kier alpha value is -2.34. The molecule has 0 saturated carbocycles. The number of carbonyl (C=O) groups excluding carboxylic acids is 1. The van der Waals surface area contributed by atoms with Crippen LogP contribution in [0.4, 0.5) is 4.39 Å². The Morgan fingerprint density at radius 1 is 1.28 bits per heavy atom. The number of amides is 1. The van der Waals surface area contributed by atoms with Crippen LogP contribution in [0.3, 0.4) is 0 Å². The second kappa shape index (κ2) is 6.52. The van der Waals surface area contributed by atoms with Crippen LogP contribution in [0.25, 0.3) is 0 Å². The number of nitrogens with zero attached hydrogens (tertiary/aromatic N) is 2. The molecule has 0 unspecified atom stereocenters. The number of carbonyl (C=O) groups is 1. The third-order valence-electron chi connectivity index (χ3n) is 5.05. The Morgan fingerprint density at radius 3 is 2.92 bits per heavy atom. The number of aryl methyl sites for hydroxylation is 1. The van der Waals surface area contributed by atoms with Crippen molar-refractivity contribution in [2.24, 2.45) is 0 Å². The van der Waals surface area contributed by atoms with Gasteiger partial charge in [-0.05, 0) is 25.1 Å². The lowest BCUT2D eigenvalue weighted by atomic mass is 10.1. The van der Waals surface area contributed by atoms with E-state index in [1.807, 2.05) is 11.8 Å². The predicted molar refractivity (Wildman–Crippen MR) is 90.1 cm³/mol. The van der Waals surface area contributed by atoms with Crippen molar-refractivity contribution in [1.29, 1.82) is 0 Å². The summed E-state index contributed by atoms with van der Waals surface area (Å²) in [6, 6.07) is 8.26. The van der Waals surface area contributed by atoms with Gasteiger partial charge in [-0.15, -0.1) is 0 Å². The average molecular weight is 344 g/mol. The molecule has 0 spiro atoms. The van der Waals surface area contributed by atoms with Gasteiger partial charge in [-0.1, -0.05) is 6.07 Å². The third kappa shape index (κ3) is 3.26. The summed E-state index contributed by atoms with van der Waals surface area (Å²) < 4.78 is 24.5. The first-order valence-electron chi connectivity index (χ1n) is 8.60. The van der Waals surface area contributed by atoms with Crippen molar-refractivity contribution in [3.63, 3.8) is 0 Å². The van der Waals surface area contributed by atoms with E-state index in [9.17, 15) is 9.18 Å². The second-order valence-electron chi connectivity index (χ2n) is 6.72. The van der Waals surface area contributed by atoms with Gasteiger partial charge in [-0.3, -0.25) is 9.69 Å². The maximum Gasteiger partial charge on any atom is 0.257 e. The second-order valence-corrected chi connectivity index (χ2v) is 6.72. The Kier molecular flexibility index (Phi) is 4.21. The molecule has 5 nitrogen and oxygen atoms in total. The van der Waals surface area contributed by atoms with E-state index in [1.54, 1.807) is 24.5 Å². The van der Waals surface area contributed by atoms with E-state index in [-0.39, 0.29) is 23.9 Å². The molecule has 3 heterocycles. The molecule has 2 aliphatic heterocycles. The Balaban J connectivity index is 1.39. The van der Waals surface area contributed by atoms with Gasteiger partial charge in [-0.2, -0.15) is 0 Å². The van der Waals surface area contributed by atoms with E-state index in [0.29, 0.717) is 30.2 Å². The molecule has 0 radical (unpaired) electrons. The molecule has 0 bridgehead atoms. The molecule has 2 fully saturated rings. The maximum absolute atomic E-state index is 13.3. The Morgan fingerprint density at radius 2 is 2.16 bits per heavy atom. The third-order valence-corrected chi connectivity index (χ3v) is 5.05. The van der Waals surface area contributed by atoms with Gasteiger partial charge >= 0.3 is 0 Å². The molecule has 1 aromatic carbocycles. The molecule has 4 rings (SSSR count). The Bertz CT molecular complexity index is 776. The fourth-order valence-electron chi connectivity index (χ4n) is 3.78. The molecule has 25 heavy (non-hydrogen) atoms. The fourth-order valence-corrected chi connectivity index (χ4v) is 3.78. The summed E-state index contributed by atoms with van der Waals surface area (Å²) in [6.45, 7) is 4.84. The number of furan rings is 1. The number of hydrogen-bond donors (Lipinski definition) is 0. The SMILES string of the molecule is Cc1occc1C(=O)N1CCN2C[C@H](Oc3cccc(F)c3)C[C@H]2C1. The van der Waals surface area contributed by atoms with Crippen molar-refractivity contribution >= 4 is 5.91 Å². The lowest BCUT2D eigenvalue weighted by Gasteiger charge is -2.37. The number of benzene rings is 1. The molecule has 2 saturated heterocycles. The van der Waals surface area contributed by atoms with Crippen LogP contribution in [0.15, 0.2) is 41.0 Å². The zero-order chi connectivity index (χ0) is 17.4. The van der Waals surface area contributed by atoms with Crippen LogP contribution in [-0.4, -0.2) is 54.0 Å². The van der Waals surface area contributed by atoms with Crippen LogP contribution < -0.4 is 4.74 Å². The number of ether oxygens (including phenoxy) is 1. The van der Waals surface area contributed by atoms with Crippen molar-refractivity contribution in [1.82, 2.24) is 9.80 Å². The molecule has 0 aliphatic carbocycles. The highest BCUT2D eigenvalue weighted by Crippen LogP contribution is 2.27. The topological polar surface area (TPSA) is 45.9 Å². The molecule has 0 N–H and O–H groups in total. The maximum atomic E-state index is 13.3. The van der Waals surface area contributed by atoms with Crippen molar-refractivity contribution < 1.29 is 18.3 Å². The molecule has 132 valence electrons. The molecule has 2 aromatic rings. The fraction of sp³-hybridized carbons (Fsp3) is 0.421. The van der Waals surface area contributed by atoms with Gasteiger partial charge in [-0.25, -0.2) is 4.39 Å². The lowest BCUT2D eigenvalue weighted by Crippen LogP contribution is -2.52. The average Bonchev–Trinajstić information content (AvgIpc) is 3.19. The number of rotatable bonds is 3. The van der Waals surface area contributed by atoms with E-state index < -0.39 is 0 Å². The summed E-state index contributed by atoms with van der Waals surface area (Å²) in [5.41, 5.74) is 0.638. The summed E-state index contributed by atoms with van der Waals surface area (Å²) in [7, 11) is 0. The van der Waals surface area contributed by atoms with Crippen LogP contribution in [0.2, 0.25) is 0 Å². The van der Waals surface area contributed by atoms with Crippen LogP contribution in [0.1, 0.15) is 22.5 Å². The zero-order valence-electron chi connectivity index (χ0n) is 14.2. The van der Waals surface area contributed by atoms with Crippen LogP contribution in [0, 0.1) is 12.7 Å². The van der Waals surface area contributed by atoms with Crippen LogP contribution in [-0.2, 0) is 0 Å². The van der Waals surface area contributed by atoms with Crippen molar-refractivity contribution in [2.75, 3.05) is 26.2 Å². The number of fused-ring (bicyclic) bond motifs is 1. The van der Waals surface area contributed by atoms with Gasteiger partial charge in [0.1, 0.15) is 23.4 Å². The van der Waals surface area contributed by atoms with E-state index in [4.69, 9.17) is 9.15 Å². The van der Waals surface area contributed by atoms with Crippen molar-refractivity contribution in [3.05, 3.63) is 53.7 Å². The normalized spacial score (nSPS) is 23.5. The quantitative estimate of drug-likeness (QED) is 0.859. The molecule has 1 amide bonds. The van der Waals surface area contributed by atoms with E-state index >= 15 is 0 Å². The van der Waals surface area contributed by atoms with Gasteiger partial charge in [0.05, 0.1) is 11.8 Å². The summed E-state index contributed by atoms with van der Waals surface area (Å²) in [5, 5.41) is 0. The minimum atomic E-state index is -0.291. The lowest BCUT2D eigenvalue weighted by molar-refractivity contribution is 0.0568. The number of halogens is 1. The Labute approximate surface area is 146 Å². The zero-order valence-corrected chi connectivity index (χ0v) is 14.2. The highest BCUT2D eigenvalue weighted by Gasteiger charge is 2.38. The van der Waals surface area contributed by atoms with Crippen LogP contribution in [0.5, 0.6) is 5.75 Å². The first-order valence-corrected chi connectivity index (χ1v) is 8.60. The van der Waals surface area contributed by atoms with Crippen LogP contribution >= 0.6 is 0 Å². The highest BCUT2D eigenvalue weighted by atomic mass is 19.1. The van der Waals surface area contributed by atoms with Gasteiger partial charge in [0, 0.05) is 44.7 Å². The van der Waals surface area contributed by atoms with Crippen molar-refractivity contribution in [3.8, 4) is 5.75 Å². The molecular weight excluding hydrogens is 323 g/mol.